The summed E-state index contributed by atoms with van der Waals surface area (Å²) in [5.74, 6) is -0.0573. The topological polar surface area (TPSA) is 91.8 Å². The number of nitriles is 1. The van der Waals surface area contributed by atoms with E-state index in [2.05, 4.69) is 27.0 Å². The van der Waals surface area contributed by atoms with Crippen molar-refractivity contribution < 1.29 is 8.73 Å². The van der Waals surface area contributed by atoms with Crippen LogP contribution in [0.3, 0.4) is 0 Å². The molecule has 1 unspecified atom stereocenters. The zero-order chi connectivity index (χ0) is 24.3. The Morgan fingerprint density at radius 3 is 2.59 bits per heavy atom. The Balaban J connectivity index is 1.78. The maximum atomic E-state index is 12.8. The first-order chi connectivity index (χ1) is 16.3. The fraction of sp³-hybridized carbons (Fsp3) is 0.296. The summed E-state index contributed by atoms with van der Waals surface area (Å²) in [6.07, 6.45) is 0.586. The van der Waals surface area contributed by atoms with Crippen molar-refractivity contribution in [1.82, 2.24) is 14.9 Å². The molecule has 0 saturated heterocycles. The summed E-state index contributed by atoms with van der Waals surface area (Å²) >= 11 is 0. The molecule has 0 aliphatic carbocycles. The zero-order valence-corrected chi connectivity index (χ0v) is 20.6. The van der Waals surface area contributed by atoms with Gasteiger partial charge >= 0.3 is 0 Å². The lowest BCUT2D eigenvalue weighted by Gasteiger charge is -2.24. The van der Waals surface area contributed by atoms with Crippen molar-refractivity contribution in [2.45, 2.75) is 44.8 Å². The fourth-order valence-electron chi connectivity index (χ4n) is 3.91. The average molecular weight is 473 g/mol. The smallest absolute Gasteiger partial charge is 0.167 e. The predicted molar refractivity (Wildman–Crippen MR) is 135 cm³/mol. The first kappa shape index (κ1) is 23.8. The standard InChI is InChI=1S/C27H28N4O2S/c1-18-13-14-20(16-28)30-24(18)15-19(17-29-34(32)27(2,3)4)21-9-5-6-10-22(21)26-23-11-7-8-12-25(23)33-31-26/h5-14,19,29H,15,17H2,1-4H3/t19?,34-/m0/s1. The monoisotopic (exact) mass is 472 g/mol. The Kier molecular flexibility index (Phi) is 6.92. The molecule has 2 aromatic carbocycles. The third kappa shape index (κ3) is 5.09. The van der Waals surface area contributed by atoms with E-state index in [4.69, 9.17) is 4.52 Å². The number of nitrogens with one attached hydrogen (secondary N) is 1. The van der Waals surface area contributed by atoms with Crippen LogP contribution in [-0.4, -0.2) is 25.6 Å². The number of para-hydroxylation sites is 1. The molecule has 1 N–H and O–H groups in total. The minimum atomic E-state index is -1.22. The third-order valence-corrected chi connectivity index (χ3v) is 7.35. The van der Waals surface area contributed by atoms with Crippen molar-refractivity contribution in [1.29, 1.82) is 5.26 Å². The van der Waals surface area contributed by atoms with Crippen molar-refractivity contribution >= 4 is 22.0 Å². The number of nitrogens with zero attached hydrogens (tertiary/aromatic N) is 3. The molecule has 4 aromatic rings. The quantitative estimate of drug-likeness (QED) is 0.386. The summed E-state index contributed by atoms with van der Waals surface area (Å²) < 4.78 is 21.3. The van der Waals surface area contributed by atoms with Gasteiger partial charge in [-0.3, -0.25) is 0 Å². The van der Waals surface area contributed by atoms with E-state index in [0.717, 1.165) is 39.0 Å². The summed E-state index contributed by atoms with van der Waals surface area (Å²) in [7, 11) is -1.22. The lowest BCUT2D eigenvalue weighted by Crippen LogP contribution is -2.36. The summed E-state index contributed by atoms with van der Waals surface area (Å²) in [4.78, 5) is 4.58. The fourth-order valence-corrected chi connectivity index (χ4v) is 4.69. The molecule has 6 nitrogen and oxygen atoms in total. The van der Waals surface area contributed by atoms with Gasteiger partial charge < -0.3 is 4.52 Å². The van der Waals surface area contributed by atoms with Gasteiger partial charge in [0.2, 0.25) is 0 Å². The molecule has 34 heavy (non-hydrogen) atoms. The van der Waals surface area contributed by atoms with Crippen molar-refractivity contribution in [3.05, 3.63) is 83.2 Å². The number of aromatic nitrogens is 2. The van der Waals surface area contributed by atoms with E-state index in [-0.39, 0.29) is 10.7 Å². The summed E-state index contributed by atoms with van der Waals surface area (Å²) in [5.41, 5.74) is 5.80. The molecule has 0 radical (unpaired) electrons. The highest BCUT2D eigenvalue weighted by molar-refractivity contribution is 7.84. The van der Waals surface area contributed by atoms with Gasteiger partial charge in [0.25, 0.3) is 0 Å². The van der Waals surface area contributed by atoms with Crippen LogP contribution in [0.1, 0.15) is 49.2 Å². The molecule has 0 amide bonds. The van der Waals surface area contributed by atoms with Gasteiger partial charge in [-0.05, 0) is 63.4 Å². The molecule has 2 aromatic heterocycles. The van der Waals surface area contributed by atoms with E-state index in [1.165, 1.54) is 0 Å². The molecule has 0 aliphatic rings. The second-order valence-electron chi connectivity index (χ2n) is 9.32. The largest absolute Gasteiger partial charge is 0.356 e. The molecule has 0 bridgehead atoms. The van der Waals surface area contributed by atoms with Gasteiger partial charge in [0.15, 0.2) is 5.58 Å². The minimum absolute atomic E-state index is 0.0573. The summed E-state index contributed by atoms with van der Waals surface area (Å²) in [6.45, 7) is 8.32. The van der Waals surface area contributed by atoms with Gasteiger partial charge in [-0.1, -0.05) is 47.6 Å². The van der Waals surface area contributed by atoms with Crippen LogP contribution in [0.15, 0.2) is 65.2 Å². The van der Waals surface area contributed by atoms with E-state index in [9.17, 15) is 9.47 Å². The first-order valence-electron chi connectivity index (χ1n) is 11.2. The molecule has 174 valence electrons. The summed E-state index contributed by atoms with van der Waals surface area (Å²) in [6, 6.07) is 21.7. The van der Waals surface area contributed by atoms with Crippen LogP contribution in [0.4, 0.5) is 0 Å². The third-order valence-electron chi connectivity index (χ3n) is 5.81. The lowest BCUT2D eigenvalue weighted by atomic mass is 9.87. The van der Waals surface area contributed by atoms with E-state index >= 15 is 0 Å². The van der Waals surface area contributed by atoms with Gasteiger partial charge in [-0.25, -0.2) is 13.9 Å². The van der Waals surface area contributed by atoms with Crippen LogP contribution in [0, 0.1) is 18.3 Å². The van der Waals surface area contributed by atoms with Crippen LogP contribution in [0.2, 0.25) is 0 Å². The van der Waals surface area contributed by atoms with Gasteiger partial charge in [0, 0.05) is 29.1 Å². The van der Waals surface area contributed by atoms with Crippen LogP contribution in [0.5, 0.6) is 0 Å². The number of fused-ring (bicyclic) bond motifs is 1. The van der Waals surface area contributed by atoms with Crippen molar-refractivity contribution in [2.24, 2.45) is 0 Å². The highest BCUT2D eigenvalue weighted by Gasteiger charge is 2.25. The number of hydrogen-bond donors (Lipinski definition) is 1. The second-order valence-corrected chi connectivity index (χ2v) is 11.4. The molecule has 4 rings (SSSR count). The molecule has 2 heterocycles. The Bertz CT molecular complexity index is 1380. The Labute approximate surface area is 202 Å². The van der Waals surface area contributed by atoms with E-state index < -0.39 is 11.0 Å². The Morgan fingerprint density at radius 2 is 1.82 bits per heavy atom. The highest BCUT2D eigenvalue weighted by atomic mass is 32.2. The summed E-state index contributed by atoms with van der Waals surface area (Å²) in [5, 5.41) is 14.7. The van der Waals surface area contributed by atoms with Crippen molar-refractivity contribution in [3.63, 3.8) is 0 Å². The normalized spacial score (nSPS) is 13.5. The molecule has 2 atom stereocenters. The SMILES string of the molecule is Cc1ccc(C#N)nc1CC(CN[S@@](=O)C(C)(C)C)c1ccccc1-c1noc2ccccc12. The average Bonchev–Trinajstić information content (AvgIpc) is 3.26. The van der Waals surface area contributed by atoms with Gasteiger partial charge in [-0.15, -0.1) is 0 Å². The van der Waals surface area contributed by atoms with E-state index in [1.54, 1.807) is 6.07 Å². The minimum Gasteiger partial charge on any atom is -0.356 e. The van der Waals surface area contributed by atoms with Gasteiger partial charge in [0.1, 0.15) is 17.5 Å². The van der Waals surface area contributed by atoms with Crippen LogP contribution in [0.25, 0.3) is 22.2 Å². The number of hydrogen-bond acceptors (Lipinski definition) is 5. The number of benzene rings is 2. The predicted octanol–water partition coefficient (Wildman–Crippen LogP) is 5.45. The van der Waals surface area contributed by atoms with Gasteiger partial charge in [-0.2, -0.15) is 5.26 Å². The maximum Gasteiger partial charge on any atom is 0.167 e. The molecule has 0 spiro atoms. The Morgan fingerprint density at radius 1 is 1.09 bits per heavy atom. The molecule has 0 fully saturated rings. The number of aryl methyl sites for hydroxylation is 1. The van der Waals surface area contributed by atoms with Crippen LogP contribution in [-0.2, 0) is 17.4 Å². The maximum absolute atomic E-state index is 12.8. The van der Waals surface area contributed by atoms with E-state index in [1.807, 2.05) is 76.2 Å². The second kappa shape index (κ2) is 9.88. The zero-order valence-electron chi connectivity index (χ0n) is 19.8. The molecular weight excluding hydrogens is 444 g/mol. The molecule has 0 saturated carbocycles. The molecular formula is C27H28N4O2S. The molecule has 0 aliphatic heterocycles. The van der Waals surface area contributed by atoms with Gasteiger partial charge in [0.05, 0.1) is 15.7 Å². The van der Waals surface area contributed by atoms with Crippen LogP contribution < -0.4 is 4.72 Å². The number of pyridine rings is 1. The highest BCUT2D eigenvalue weighted by Crippen LogP contribution is 2.35. The lowest BCUT2D eigenvalue weighted by molar-refractivity contribution is 0.459. The van der Waals surface area contributed by atoms with Crippen molar-refractivity contribution in [3.8, 4) is 17.3 Å². The first-order valence-corrected chi connectivity index (χ1v) is 12.4. The number of rotatable bonds is 7. The Hall–Kier alpha value is -3.34. The van der Waals surface area contributed by atoms with Crippen LogP contribution >= 0.6 is 0 Å². The molecule has 7 heteroatoms. The van der Waals surface area contributed by atoms with E-state index in [0.29, 0.717) is 18.7 Å². The van der Waals surface area contributed by atoms with Crippen molar-refractivity contribution in [2.75, 3.05) is 6.54 Å².